The Hall–Kier alpha value is -0.610. The lowest BCUT2D eigenvalue weighted by molar-refractivity contribution is -0.137. The van der Waals surface area contributed by atoms with E-state index < -0.39 is 5.97 Å². The molecule has 1 aliphatic heterocycles. The number of carboxylic acids is 1. The van der Waals surface area contributed by atoms with E-state index in [1.54, 1.807) is 0 Å². The summed E-state index contributed by atoms with van der Waals surface area (Å²) in [6.07, 6.45) is 6.04. The number of hydrogen-bond donors (Lipinski definition) is 1. The first-order valence-electron chi connectivity index (χ1n) is 7.28. The Bertz CT molecular complexity index is 246. The van der Waals surface area contributed by atoms with E-state index in [9.17, 15) is 4.79 Å². The molecule has 1 saturated heterocycles. The lowest BCUT2D eigenvalue weighted by Gasteiger charge is -2.27. The molecule has 0 radical (unpaired) electrons. The van der Waals surface area contributed by atoms with E-state index in [1.807, 2.05) is 0 Å². The Morgan fingerprint density at radius 3 is 2.83 bits per heavy atom. The molecule has 1 N–H and O–H groups in total. The van der Waals surface area contributed by atoms with Gasteiger partial charge in [-0.05, 0) is 65.3 Å². The van der Waals surface area contributed by atoms with Gasteiger partial charge in [0.05, 0.1) is 0 Å². The molecule has 0 aliphatic carbocycles. The van der Waals surface area contributed by atoms with Gasteiger partial charge in [0, 0.05) is 12.5 Å². The molecule has 4 nitrogen and oxygen atoms in total. The Morgan fingerprint density at radius 1 is 1.39 bits per heavy atom. The van der Waals surface area contributed by atoms with E-state index >= 15 is 0 Å². The molecule has 0 saturated carbocycles. The number of hydrogen-bond acceptors (Lipinski definition) is 3. The molecule has 1 atom stereocenters. The van der Waals surface area contributed by atoms with Crippen molar-refractivity contribution in [1.29, 1.82) is 0 Å². The van der Waals surface area contributed by atoms with Gasteiger partial charge in [0.1, 0.15) is 0 Å². The van der Waals surface area contributed by atoms with Crippen molar-refractivity contribution in [3.8, 4) is 0 Å². The second kappa shape index (κ2) is 8.48. The Kier molecular flexibility index (Phi) is 7.28. The van der Waals surface area contributed by atoms with Crippen LogP contribution in [0.15, 0.2) is 0 Å². The van der Waals surface area contributed by atoms with Crippen LogP contribution < -0.4 is 0 Å². The van der Waals surface area contributed by atoms with Crippen molar-refractivity contribution in [2.75, 3.05) is 33.2 Å². The van der Waals surface area contributed by atoms with Crippen LogP contribution in [0.4, 0.5) is 0 Å². The van der Waals surface area contributed by atoms with Gasteiger partial charge in [-0.3, -0.25) is 4.79 Å². The van der Waals surface area contributed by atoms with Crippen LogP contribution in [0.5, 0.6) is 0 Å². The highest BCUT2D eigenvalue weighted by atomic mass is 16.4. The van der Waals surface area contributed by atoms with Crippen molar-refractivity contribution in [3.63, 3.8) is 0 Å². The van der Waals surface area contributed by atoms with Gasteiger partial charge in [-0.15, -0.1) is 0 Å². The Morgan fingerprint density at radius 2 is 2.17 bits per heavy atom. The zero-order valence-corrected chi connectivity index (χ0v) is 11.9. The molecule has 0 spiro atoms. The maximum Gasteiger partial charge on any atom is 0.303 e. The van der Waals surface area contributed by atoms with E-state index in [4.69, 9.17) is 5.11 Å². The third-order valence-electron chi connectivity index (χ3n) is 3.85. The molecule has 0 aromatic heterocycles. The van der Waals surface area contributed by atoms with Crippen LogP contribution in [-0.2, 0) is 4.79 Å². The van der Waals surface area contributed by atoms with Gasteiger partial charge in [-0.2, -0.15) is 0 Å². The van der Waals surface area contributed by atoms with Crippen LogP contribution in [-0.4, -0.2) is 60.1 Å². The summed E-state index contributed by atoms with van der Waals surface area (Å²) in [5.74, 6) is -0.682. The Balaban J connectivity index is 2.26. The topological polar surface area (TPSA) is 43.8 Å². The van der Waals surface area contributed by atoms with E-state index in [1.165, 1.54) is 45.3 Å². The number of nitrogens with zero attached hydrogens (tertiary/aromatic N) is 2. The molecule has 0 aromatic rings. The molecule has 1 heterocycles. The molecule has 18 heavy (non-hydrogen) atoms. The summed E-state index contributed by atoms with van der Waals surface area (Å²) >= 11 is 0. The summed E-state index contributed by atoms with van der Waals surface area (Å²) in [5, 5.41) is 8.65. The number of rotatable bonds is 7. The second-order valence-electron chi connectivity index (χ2n) is 5.40. The fourth-order valence-electron chi connectivity index (χ4n) is 2.78. The zero-order chi connectivity index (χ0) is 13.4. The van der Waals surface area contributed by atoms with Gasteiger partial charge in [0.2, 0.25) is 0 Å². The average Bonchev–Trinajstić information content (AvgIpc) is 2.54. The first-order valence-corrected chi connectivity index (χ1v) is 7.28. The Labute approximate surface area is 111 Å². The van der Waals surface area contributed by atoms with Gasteiger partial charge in [-0.1, -0.05) is 6.92 Å². The highest BCUT2D eigenvalue weighted by Crippen LogP contribution is 2.16. The van der Waals surface area contributed by atoms with Crippen molar-refractivity contribution in [2.24, 2.45) is 0 Å². The normalized spacial score (nSPS) is 22.1. The fourth-order valence-corrected chi connectivity index (χ4v) is 2.78. The number of likely N-dealkylation sites (tertiary alicyclic amines) is 1. The maximum absolute atomic E-state index is 10.5. The quantitative estimate of drug-likeness (QED) is 0.757. The van der Waals surface area contributed by atoms with Gasteiger partial charge in [0.25, 0.3) is 0 Å². The monoisotopic (exact) mass is 256 g/mol. The van der Waals surface area contributed by atoms with E-state index in [0.29, 0.717) is 12.5 Å². The van der Waals surface area contributed by atoms with Crippen LogP contribution in [0.3, 0.4) is 0 Å². The van der Waals surface area contributed by atoms with Gasteiger partial charge >= 0.3 is 5.97 Å². The van der Waals surface area contributed by atoms with Crippen molar-refractivity contribution in [3.05, 3.63) is 0 Å². The lowest BCUT2D eigenvalue weighted by atomic mass is 10.1. The van der Waals surface area contributed by atoms with Crippen molar-refractivity contribution >= 4 is 5.97 Å². The van der Waals surface area contributed by atoms with Gasteiger partial charge < -0.3 is 14.9 Å². The largest absolute Gasteiger partial charge is 0.481 e. The summed E-state index contributed by atoms with van der Waals surface area (Å²) < 4.78 is 0. The van der Waals surface area contributed by atoms with Crippen LogP contribution in [0.2, 0.25) is 0 Å². The summed E-state index contributed by atoms with van der Waals surface area (Å²) in [4.78, 5) is 15.4. The smallest absolute Gasteiger partial charge is 0.303 e. The highest BCUT2D eigenvalue weighted by Gasteiger charge is 2.19. The standard InChI is InChI=1S/C14H28N2O2/c1-3-9-16-11-4-6-13(8-12-16)15(2)10-5-7-14(17)18/h13H,3-12H2,1-2H3,(H,17,18). The molecule has 0 amide bonds. The molecule has 0 aromatic carbocycles. The highest BCUT2D eigenvalue weighted by molar-refractivity contribution is 5.66. The maximum atomic E-state index is 10.5. The second-order valence-corrected chi connectivity index (χ2v) is 5.40. The average molecular weight is 256 g/mol. The predicted molar refractivity (Wildman–Crippen MR) is 73.9 cm³/mol. The molecule has 106 valence electrons. The van der Waals surface area contributed by atoms with Gasteiger partial charge in [0.15, 0.2) is 0 Å². The van der Waals surface area contributed by atoms with E-state index in [2.05, 4.69) is 23.8 Å². The molecule has 4 heteroatoms. The summed E-state index contributed by atoms with van der Waals surface area (Å²) in [6.45, 7) is 6.79. The third kappa shape index (κ3) is 5.83. The zero-order valence-electron chi connectivity index (χ0n) is 11.9. The molecule has 1 unspecified atom stereocenters. The number of aliphatic carboxylic acids is 1. The molecule has 1 fully saturated rings. The van der Waals surface area contributed by atoms with Gasteiger partial charge in [-0.25, -0.2) is 0 Å². The third-order valence-corrected chi connectivity index (χ3v) is 3.85. The molecular weight excluding hydrogens is 228 g/mol. The van der Waals surface area contributed by atoms with E-state index in [0.717, 1.165) is 13.0 Å². The fraction of sp³-hybridized carbons (Fsp3) is 0.929. The number of carbonyl (C=O) groups is 1. The number of carboxylic acid groups (broad SMARTS) is 1. The van der Waals surface area contributed by atoms with Crippen LogP contribution in [0.1, 0.15) is 45.4 Å². The van der Waals surface area contributed by atoms with Crippen molar-refractivity contribution in [2.45, 2.75) is 51.5 Å². The lowest BCUT2D eigenvalue weighted by Crippen LogP contribution is -2.34. The minimum absolute atomic E-state index is 0.291. The summed E-state index contributed by atoms with van der Waals surface area (Å²) in [5.41, 5.74) is 0. The van der Waals surface area contributed by atoms with Crippen molar-refractivity contribution in [1.82, 2.24) is 9.80 Å². The SMILES string of the molecule is CCCN1CCCC(N(C)CCCC(=O)O)CC1. The minimum atomic E-state index is -0.682. The van der Waals surface area contributed by atoms with Crippen LogP contribution >= 0.6 is 0 Å². The first-order chi connectivity index (χ1) is 8.63. The first kappa shape index (κ1) is 15.4. The molecular formula is C14H28N2O2. The predicted octanol–water partition coefficient (Wildman–Crippen LogP) is 2.05. The molecule has 1 rings (SSSR count). The van der Waals surface area contributed by atoms with Crippen LogP contribution in [0, 0.1) is 0 Å². The summed E-state index contributed by atoms with van der Waals surface area (Å²) in [7, 11) is 2.14. The van der Waals surface area contributed by atoms with Crippen molar-refractivity contribution < 1.29 is 9.90 Å². The molecule has 0 bridgehead atoms. The molecule has 1 aliphatic rings. The van der Waals surface area contributed by atoms with Crippen LogP contribution in [0.25, 0.3) is 0 Å². The summed E-state index contributed by atoms with van der Waals surface area (Å²) in [6, 6.07) is 0.639. The minimum Gasteiger partial charge on any atom is -0.481 e. The van der Waals surface area contributed by atoms with E-state index in [-0.39, 0.29) is 0 Å².